The van der Waals surface area contributed by atoms with Crippen LogP contribution in [0.2, 0.25) is 10.3 Å². The Morgan fingerprint density at radius 2 is 0.892 bits per heavy atom. The molecule has 5 aromatic rings. The summed E-state index contributed by atoms with van der Waals surface area (Å²) in [6.07, 6.45) is 2.93. The molecule has 0 saturated heterocycles. The first-order valence-corrected chi connectivity index (χ1v) is 11.3. The molecule has 5 rings (SSSR count). The molecule has 2 aromatic heterocycles. The second-order valence-electron chi connectivity index (χ2n) is 6.97. The zero-order valence-electron chi connectivity index (χ0n) is 18.5. The van der Waals surface area contributed by atoms with Crippen LogP contribution in [0.3, 0.4) is 0 Å². The molecule has 190 valence electrons. The van der Waals surface area contributed by atoms with Gasteiger partial charge in [-0.25, -0.2) is 19.9 Å². The molecule has 0 atom stereocenters. The van der Waals surface area contributed by atoms with Crippen LogP contribution < -0.4 is 5.46 Å². The first-order chi connectivity index (χ1) is 17.0. The number of aromatic nitrogens is 4. The predicted molar refractivity (Wildman–Crippen MR) is 155 cm³/mol. The van der Waals surface area contributed by atoms with Crippen molar-refractivity contribution >= 4 is 35.8 Å². The van der Waals surface area contributed by atoms with Crippen LogP contribution in [0.1, 0.15) is 14.9 Å². The Morgan fingerprint density at radius 3 is 1.22 bits per heavy atom. The average molecular weight is 535 g/mol. The molecule has 2 heterocycles. The van der Waals surface area contributed by atoms with Gasteiger partial charge in [0.25, 0.3) is 0 Å². The summed E-state index contributed by atoms with van der Waals surface area (Å²) in [5.74, 6) is 0. The third-order valence-corrected chi connectivity index (χ3v) is 4.92. The molecule has 0 fully saturated rings. The van der Waals surface area contributed by atoms with Gasteiger partial charge in [-0.05, 0) is 11.5 Å². The fourth-order valence-corrected chi connectivity index (χ4v) is 3.18. The van der Waals surface area contributed by atoms with Crippen molar-refractivity contribution in [1.29, 1.82) is 0 Å². The molecule has 0 unspecified atom stereocenters. The van der Waals surface area contributed by atoms with E-state index < -0.39 is 7.12 Å². The van der Waals surface area contributed by atoms with Crippen LogP contribution in [0.15, 0.2) is 116 Å². The summed E-state index contributed by atoms with van der Waals surface area (Å²) in [5.41, 5.74) is 4.64. The van der Waals surface area contributed by atoms with Gasteiger partial charge in [-0.1, -0.05) is 129 Å². The molecule has 37 heavy (non-hydrogen) atoms. The second kappa shape index (κ2) is 16.9. The molecule has 2 N–H and O–H groups in total. The maximum absolute atomic E-state index is 8.58. The fourth-order valence-electron chi connectivity index (χ4n) is 2.83. The van der Waals surface area contributed by atoms with Gasteiger partial charge < -0.3 is 10.0 Å². The minimum Gasteiger partial charge on any atom is -0.423 e. The summed E-state index contributed by atoms with van der Waals surface area (Å²) < 4.78 is 0. The molecular formula is C28H29BCl2N4O2. The third-order valence-electron chi connectivity index (χ3n) is 4.50. The van der Waals surface area contributed by atoms with Gasteiger partial charge in [0.15, 0.2) is 0 Å². The largest absolute Gasteiger partial charge is 0.488 e. The Balaban J connectivity index is 0.000000305. The highest BCUT2D eigenvalue weighted by Crippen LogP contribution is 2.22. The number of hydrogen-bond acceptors (Lipinski definition) is 6. The van der Waals surface area contributed by atoms with E-state index in [9.17, 15) is 0 Å². The van der Waals surface area contributed by atoms with Gasteiger partial charge in [-0.3, -0.25) is 0 Å². The van der Waals surface area contributed by atoms with Crippen molar-refractivity contribution in [1.82, 2.24) is 19.9 Å². The van der Waals surface area contributed by atoms with E-state index in [1.807, 2.05) is 48.5 Å². The first-order valence-electron chi connectivity index (χ1n) is 10.5. The molecule has 0 bridgehead atoms. The van der Waals surface area contributed by atoms with E-state index in [0.717, 1.165) is 22.5 Å². The van der Waals surface area contributed by atoms with Gasteiger partial charge in [-0.2, -0.15) is 0 Å². The van der Waals surface area contributed by atoms with Crippen LogP contribution in [0.25, 0.3) is 22.5 Å². The topological polar surface area (TPSA) is 92.0 Å². The molecule has 0 spiro atoms. The quantitative estimate of drug-likeness (QED) is 0.210. The van der Waals surface area contributed by atoms with Crippen LogP contribution in [-0.4, -0.2) is 37.1 Å². The molecule has 0 aliphatic carbocycles. The minimum atomic E-state index is -1.34. The number of hydrogen-bond donors (Lipinski definition) is 2. The Morgan fingerprint density at radius 1 is 0.514 bits per heavy atom. The normalized spacial score (nSPS) is 9.19. The lowest BCUT2D eigenvalue weighted by molar-refractivity contribution is 0.426. The number of nitrogens with zero attached hydrogens (tertiary/aromatic N) is 4. The number of benzene rings is 3. The highest BCUT2D eigenvalue weighted by molar-refractivity contribution is 6.58. The smallest absolute Gasteiger partial charge is 0.423 e. The Labute approximate surface area is 228 Å². The third kappa shape index (κ3) is 10.9. The molecule has 0 amide bonds. The summed E-state index contributed by atoms with van der Waals surface area (Å²) >= 11 is 10.8. The molecule has 0 aliphatic rings. The van der Waals surface area contributed by atoms with Gasteiger partial charge >= 0.3 is 7.12 Å². The molecule has 9 heteroatoms. The van der Waals surface area contributed by atoms with Gasteiger partial charge in [0.1, 0.15) is 23.0 Å². The van der Waals surface area contributed by atoms with Crippen molar-refractivity contribution in [2.75, 3.05) is 0 Å². The Kier molecular flexibility index (Phi) is 14.4. The van der Waals surface area contributed by atoms with E-state index >= 15 is 0 Å². The summed E-state index contributed by atoms with van der Waals surface area (Å²) in [6.45, 7) is 0. The Hall–Kier alpha value is -3.62. The zero-order valence-corrected chi connectivity index (χ0v) is 20.0. The summed E-state index contributed by atoms with van der Waals surface area (Å²) in [7, 11) is -1.34. The second-order valence-corrected chi connectivity index (χ2v) is 7.74. The highest BCUT2D eigenvalue weighted by atomic mass is 35.5. The van der Waals surface area contributed by atoms with E-state index in [-0.39, 0.29) is 14.9 Å². The van der Waals surface area contributed by atoms with E-state index in [4.69, 9.17) is 33.2 Å². The van der Waals surface area contributed by atoms with Crippen molar-refractivity contribution in [2.24, 2.45) is 0 Å². The number of halogens is 2. The van der Waals surface area contributed by atoms with Crippen molar-refractivity contribution in [2.45, 2.75) is 14.9 Å². The van der Waals surface area contributed by atoms with Gasteiger partial charge in [0.05, 0.1) is 11.4 Å². The molecule has 0 saturated carbocycles. The van der Waals surface area contributed by atoms with Gasteiger partial charge in [0, 0.05) is 17.2 Å². The van der Waals surface area contributed by atoms with E-state index in [0.29, 0.717) is 15.8 Å². The van der Waals surface area contributed by atoms with Gasteiger partial charge in [-0.15, -0.1) is 0 Å². The van der Waals surface area contributed by atoms with Gasteiger partial charge in [0.2, 0.25) is 0 Å². The van der Waals surface area contributed by atoms with Crippen molar-refractivity contribution in [3.63, 3.8) is 0 Å². The maximum atomic E-state index is 8.58. The van der Waals surface area contributed by atoms with Crippen molar-refractivity contribution in [3.05, 3.63) is 126 Å². The summed E-state index contributed by atoms with van der Waals surface area (Å²) in [4.78, 5) is 15.9. The molecule has 6 nitrogen and oxygen atoms in total. The molecule has 0 aliphatic heterocycles. The van der Waals surface area contributed by atoms with Crippen molar-refractivity contribution < 1.29 is 10.0 Å². The fraction of sp³-hybridized carbons (Fsp3) is 0.0714. The summed E-state index contributed by atoms with van der Waals surface area (Å²) in [6, 6.07) is 32.4. The lowest BCUT2D eigenvalue weighted by atomic mass is 9.81. The maximum Gasteiger partial charge on any atom is 0.488 e. The van der Waals surface area contributed by atoms with E-state index in [2.05, 4.69) is 44.2 Å². The zero-order chi connectivity index (χ0) is 24.9. The van der Waals surface area contributed by atoms with Crippen LogP contribution in [0, 0.1) is 0 Å². The Bertz CT molecular complexity index is 1230. The van der Waals surface area contributed by atoms with Crippen molar-refractivity contribution in [3.8, 4) is 22.5 Å². The predicted octanol–water partition coefficient (Wildman–Crippen LogP) is 6.23. The average Bonchev–Trinajstić information content (AvgIpc) is 2.91. The van der Waals surface area contributed by atoms with Crippen LogP contribution >= 0.6 is 23.2 Å². The molecule has 0 radical (unpaired) electrons. The standard InChI is InChI=1S/C16H12N2.C6H7BO2.C4H2Cl2N2.2CH4/c1-3-7-13(8-4-1)15-11-16(18-12-17-15)14-9-5-2-6-10-14;8-7(9)6-4-2-1-3-5-6;5-3-1-4(6)8-2-7-3;;/h1-12H;1-5,8-9H;1-2H;2*1H4. The lowest BCUT2D eigenvalue weighted by Gasteiger charge is -2.03. The first kappa shape index (κ1) is 31.4. The summed E-state index contributed by atoms with van der Waals surface area (Å²) in [5, 5.41) is 17.9. The number of rotatable bonds is 3. The SMILES string of the molecule is C.C.Clc1cc(Cl)ncn1.OB(O)c1ccccc1.c1ccc(-c2cc(-c3ccccc3)ncn2)cc1. The highest BCUT2D eigenvalue weighted by Gasteiger charge is 2.07. The van der Waals surface area contributed by atoms with Crippen LogP contribution in [-0.2, 0) is 0 Å². The monoisotopic (exact) mass is 534 g/mol. The lowest BCUT2D eigenvalue weighted by Crippen LogP contribution is -2.29. The van der Waals surface area contributed by atoms with Crippen LogP contribution in [0.5, 0.6) is 0 Å². The minimum absolute atomic E-state index is 0. The molecular weight excluding hydrogens is 506 g/mol. The molecule has 3 aromatic carbocycles. The van der Waals surface area contributed by atoms with E-state index in [1.54, 1.807) is 30.6 Å². The van der Waals surface area contributed by atoms with Crippen LogP contribution in [0.4, 0.5) is 0 Å². The van der Waals surface area contributed by atoms with E-state index in [1.165, 1.54) is 12.4 Å².